The minimum Gasteiger partial charge on any atom is -0.377 e. The van der Waals surface area contributed by atoms with Gasteiger partial charge in [-0.2, -0.15) is 0 Å². The third-order valence-electron chi connectivity index (χ3n) is 4.03. The zero-order chi connectivity index (χ0) is 10.7. The van der Waals surface area contributed by atoms with Crippen molar-refractivity contribution in [2.75, 3.05) is 26.2 Å². The summed E-state index contributed by atoms with van der Waals surface area (Å²) in [6.07, 6.45) is 5.55. The Bertz CT molecular complexity index is 190. The number of hydrogen-bond donors (Lipinski definition) is 1. The molecular formula is C12H24N2O. The second kappa shape index (κ2) is 5.28. The van der Waals surface area contributed by atoms with Crippen LogP contribution in [0.4, 0.5) is 0 Å². The standard InChI is InChI=1S/C12H24N2O/c1-10-12(5-9-15-10)14-7-3-11(2-6-13)4-8-14/h10-12H,2-9,13H2,1H3. The van der Waals surface area contributed by atoms with Gasteiger partial charge in [-0.05, 0) is 58.2 Å². The first-order valence-corrected chi connectivity index (χ1v) is 6.37. The topological polar surface area (TPSA) is 38.5 Å². The lowest BCUT2D eigenvalue weighted by molar-refractivity contribution is 0.0565. The fourth-order valence-electron chi connectivity index (χ4n) is 3.01. The Morgan fingerprint density at radius 1 is 1.27 bits per heavy atom. The van der Waals surface area contributed by atoms with Crippen molar-refractivity contribution < 1.29 is 4.74 Å². The van der Waals surface area contributed by atoms with E-state index in [1.165, 1.54) is 38.8 Å². The monoisotopic (exact) mass is 212 g/mol. The summed E-state index contributed by atoms with van der Waals surface area (Å²) in [6.45, 7) is 6.53. The van der Waals surface area contributed by atoms with E-state index in [0.29, 0.717) is 12.1 Å². The van der Waals surface area contributed by atoms with Crippen molar-refractivity contribution in [1.82, 2.24) is 4.90 Å². The zero-order valence-corrected chi connectivity index (χ0v) is 9.82. The highest BCUT2D eigenvalue weighted by atomic mass is 16.5. The zero-order valence-electron chi connectivity index (χ0n) is 9.82. The molecule has 2 unspecified atom stereocenters. The van der Waals surface area contributed by atoms with Crippen LogP contribution in [-0.2, 0) is 4.74 Å². The first-order valence-electron chi connectivity index (χ1n) is 6.37. The molecule has 0 amide bonds. The van der Waals surface area contributed by atoms with Gasteiger partial charge in [-0.1, -0.05) is 0 Å². The van der Waals surface area contributed by atoms with Crippen LogP contribution in [0.3, 0.4) is 0 Å². The second-order valence-corrected chi connectivity index (χ2v) is 4.99. The van der Waals surface area contributed by atoms with Gasteiger partial charge in [0, 0.05) is 12.6 Å². The minimum atomic E-state index is 0.441. The Labute approximate surface area is 93.0 Å². The average Bonchev–Trinajstić information content (AvgIpc) is 2.66. The van der Waals surface area contributed by atoms with E-state index in [1.807, 2.05) is 0 Å². The van der Waals surface area contributed by atoms with Crippen LogP contribution in [0, 0.1) is 5.92 Å². The Balaban J connectivity index is 1.77. The highest BCUT2D eigenvalue weighted by molar-refractivity contribution is 4.85. The molecule has 2 N–H and O–H groups in total. The van der Waals surface area contributed by atoms with Crippen LogP contribution in [0.2, 0.25) is 0 Å². The Hall–Kier alpha value is -0.120. The van der Waals surface area contributed by atoms with Gasteiger partial charge in [0.15, 0.2) is 0 Å². The van der Waals surface area contributed by atoms with Gasteiger partial charge in [-0.25, -0.2) is 0 Å². The minimum absolute atomic E-state index is 0.441. The molecule has 2 aliphatic rings. The van der Waals surface area contributed by atoms with E-state index in [-0.39, 0.29) is 0 Å². The van der Waals surface area contributed by atoms with Crippen LogP contribution in [-0.4, -0.2) is 43.3 Å². The van der Waals surface area contributed by atoms with Crippen molar-refractivity contribution in [3.05, 3.63) is 0 Å². The fourth-order valence-corrected chi connectivity index (χ4v) is 3.01. The molecule has 0 aliphatic carbocycles. The van der Waals surface area contributed by atoms with E-state index in [2.05, 4.69) is 11.8 Å². The molecule has 15 heavy (non-hydrogen) atoms. The van der Waals surface area contributed by atoms with Crippen LogP contribution >= 0.6 is 0 Å². The van der Waals surface area contributed by atoms with Gasteiger partial charge >= 0.3 is 0 Å². The molecule has 0 saturated carbocycles. The number of piperidine rings is 1. The van der Waals surface area contributed by atoms with E-state index in [4.69, 9.17) is 10.5 Å². The average molecular weight is 212 g/mol. The summed E-state index contributed by atoms with van der Waals surface area (Å²) in [7, 11) is 0. The molecule has 2 saturated heterocycles. The van der Waals surface area contributed by atoms with Crippen molar-refractivity contribution in [3.63, 3.8) is 0 Å². The molecule has 88 valence electrons. The number of nitrogens with zero attached hydrogens (tertiary/aromatic N) is 1. The lowest BCUT2D eigenvalue weighted by Crippen LogP contribution is -2.44. The van der Waals surface area contributed by atoms with Gasteiger partial charge in [0.1, 0.15) is 0 Å². The molecule has 0 aromatic rings. The SMILES string of the molecule is CC1OCCC1N1CCC(CCN)CC1. The van der Waals surface area contributed by atoms with Crippen LogP contribution in [0.5, 0.6) is 0 Å². The van der Waals surface area contributed by atoms with E-state index < -0.39 is 0 Å². The van der Waals surface area contributed by atoms with Crippen molar-refractivity contribution >= 4 is 0 Å². The third-order valence-corrected chi connectivity index (χ3v) is 4.03. The van der Waals surface area contributed by atoms with Gasteiger partial charge in [0.05, 0.1) is 6.10 Å². The molecule has 0 spiro atoms. The summed E-state index contributed by atoms with van der Waals surface area (Å²) >= 11 is 0. The van der Waals surface area contributed by atoms with Crippen LogP contribution in [0.15, 0.2) is 0 Å². The molecule has 0 bridgehead atoms. The summed E-state index contributed by atoms with van der Waals surface area (Å²) in [5.41, 5.74) is 5.60. The Morgan fingerprint density at radius 3 is 2.53 bits per heavy atom. The van der Waals surface area contributed by atoms with E-state index in [0.717, 1.165) is 19.1 Å². The highest BCUT2D eigenvalue weighted by Crippen LogP contribution is 2.26. The third kappa shape index (κ3) is 2.71. The predicted molar refractivity (Wildman–Crippen MR) is 61.8 cm³/mol. The Morgan fingerprint density at radius 2 is 2.00 bits per heavy atom. The molecule has 2 heterocycles. The van der Waals surface area contributed by atoms with Gasteiger partial charge in [0.2, 0.25) is 0 Å². The summed E-state index contributed by atoms with van der Waals surface area (Å²) in [5, 5.41) is 0. The van der Waals surface area contributed by atoms with Gasteiger partial charge in [-0.15, -0.1) is 0 Å². The van der Waals surface area contributed by atoms with Crippen molar-refractivity contribution in [2.45, 2.75) is 44.8 Å². The van der Waals surface area contributed by atoms with Crippen molar-refractivity contribution in [3.8, 4) is 0 Å². The first kappa shape index (κ1) is 11.4. The van der Waals surface area contributed by atoms with Gasteiger partial charge < -0.3 is 10.5 Å². The molecule has 2 atom stereocenters. The summed E-state index contributed by atoms with van der Waals surface area (Å²) in [6, 6.07) is 0.684. The molecule has 3 heteroatoms. The molecule has 2 aliphatic heterocycles. The number of likely N-dealkylation sites (tertiary alicyclic amines) is 1. The number of ether oxygens (including phenoxy) is 1. The molecule has 0 aromatic carbocycles. The van der Waals surface area contributed by atoms with Crippen LogP contribution < -0.4 is 5.73 Å². The summed E-state index contributed by atoms with van der Waals surface area (Å²) in [4.78, 5) is 2.63. The number of nitrogens with two attached hydrogens (primary N) is 1. The predicted octanol–water partition coefficient (Wildman–Crippen LogP) is 1.22. The Kier molecular flexibility index (Phi) is 4.00. The molecule has 2 fully saturated rings. The number of rotatable bonds is 3. The van der Waals surface area contributed by atoms with E-state index >= 15 is 0 Å². The maximum absolute atomic E-state index is 5.63. The lowest BCUT2D eigenvalue weighted by Gasteiger charge is -2.37. The van der Waals surface area contributed by atoms with Gasteiger partial charge in [-0.3, -0.25) is 4.90 Å². The van der Waals surface area contributed by atoms with Gasteiger partial charge in [0.25, 0.3) is 0 Å². The lowest BCUT2D eigenvalue weighted by atomic mass is 9.92. The van der Waals surface area contributed by atoms with Crippen LogP contribution in [0.25, 0.3) is 0 Å². The molecular weight excluding hydrogens is 188 g/mol. The maximum Gasteiger partial charge on any atom is 0.0703 e. The van der Waals surface area contributed by atoms with Crippen molar-refractivity contribution in [1.29, 1.82) is 0 Å². The van der Waals surface area contributed by atoms with E-state index in [1.54, 1.807) is 0 Å². The van der Waals surface area contributed by atoms with Crippen LogP contribution in [0.1, 0.15) is 32.6 Å². The summed E-state index contributed by atoms with van der Waals surface area (Å²) in [5.74, 6) is 0.879. The second-order valence-electron chi connectivity index (χ2n) is 4.99. The van der Waals surface area contributed by atoms with Crippen molar-refractivity contribution in [2.24, 2.45) is 11.7 Å². The largest absolute Gasteiger partial charge is 0.377 e. The summed E-state index contributed by atoms with van der Waals surface area (Å²) < 4.78 is 5.63. The smallest absolute Gasteiger partial charge is 0.0703 e. The maximum atomic E-state index is 5.63. The molecule has 0 aromatic heterocycles. The molecule has 3 nitrogen and oxygen atoms in total. The number of hydrogen-bond acceptors (Lipinski definition) is 3. The molecule has 2 rings (SSSR count). The quantitative estimate of drug-likeness (QED) is 0.764. The fraction of sp³-hybridized carbons (Fsp3) is 1.00. The first-order chi connectivity index (χ1) is 7.31. The molecule has 0 radical (unpaired) electrons. The normalized spacial score (nSPS) is 34.8. The van der Waals surface area contributed by atoms with E-state index in [9.17, 15) is 0 Å². The highest BCUT2D eigenvalue weighted by Gasteiger charge is 2.32.